The van der Waals surface area contributed by atoms with Crippen molar-refractivity contribution in [2.45, 2.75) is 12.7 Å². The molecule has 3 aromatic rings. The largest absolute Gasteiger partial charge is 0.416 e. The van der Waals surface area contributed by atoms with Gasteiger partial charge in [-0.05, 0) is 29.8 Å². The van der Waals surface area contributed by atoms with Gasteiger partial charge in [0.15, 0.2) is 0 Å². The van der Waals surface area contributed by atoms with Crippen LogP contribution in [0.15, 0.2) is 48.8 Å². The second kappa shape index (κ2) is 6.23. The molecule has 0 fully saturated rings. The minimum absolute atomic E-state index is 0.0815. The highest BCUT2D eigenvalue weighted by Gasteiger charge is 2.30. The molecule has 2 aromatic heterocycles. The molecule has 0 N–H and O–H groups in total. The monoisotopic (exact) mass is 347 g/mol. The molecule has 0 atom stereocenters. The number of aromatic nitrogens is 2. The van der Waals surface area contributed by atoms with Gasteiger partial charge in [0, 0.05) is 32.1 Å². The number of halogens is 3. The summed E-state index contributed by atoms with van der Waals surface area (Å²) in [5.41, 5.74) is 1.67. The molecule has 2 heterocycles. The lowest BCUT2D eigenvalue weighted by Gasteiger charge is -2.12. The summed E-state index contributed by atoms with van der Waals surface area (Å²) in [5.74, 6) is -0.0815. The maximum absolute atomic E-state index is 12.9. The van der Waals surface area contributed by atoms with Crippen LogP contribution in [-0.2, 0) is 17.5 Å². The molecule has 25 heavy (non-hydrogen) atoms. The molecule has 0 aliphatic carbocycles. The number of rotatable bonds is 3. The quantitative estimate of drug-likeness (QED) is 0.723. The van der Waals surface area contributed by atoms with E-state index in [-0.39, 0.29) is 12.5 Å². The van der Waals surface area contributed by atoms with Gasteiger partial charge in [-0.25, -0.2) is 0 Å². The summed E-state index contributed by atoms with van der Waals surface area (Å²) in [6.07, 6.45) is -1.11. The molecular formula is C18H16F3N3O. The summed E-state index contributed by atoms with van der Waals surface area (Å²) in [6, 6.07) is 8.64. The first-order valence-electron chi connectivity index (χ1n) is 7.58. The van der Waals surface area contributed by atoms with Crippen LogP contribution < -0.4 is 0 Å². The van der Waals surface area contributed by atoms with Crippen LogP contribution >= 0.6 is 0 Å². The van der Waals surface area contributed by atoms with Gasteiger partial charge in [0.1, 0.15) is 6.54 Å². The average Bonchev–Trinajstić information content (AvgIpc) is 2.96. The molecule has 0 aliphatic heterocycles. The predicted molar refractivity (Wildman–Crippen MR) is 88.9 cm³/mol. The topological polar surface area (TPSA) is 38.1 Å². The lowest BCUT2D eigenvalue weighted by Crippen LogP contribution is -2.25. The van der Waals surface area contributed by atoms with E-state index < -0.39 is 11.7 Å². The maximum atomic E-state index is 12.9. The lowest BCUT2D eigenvalue weighted by atomic mass is 10.0. The minimum atomic E-state index is -4.40. The number of fused-ring (bicyclic) bond motifs is 1. The Balaban J connectivity index is 2.02. The summed E-state index contributed by atoms with van der Waals surface area (Å²) >= 11 is 0. The molecule has 1 amide bonds. The number of hydrogen-bond acceptors (Lipinski definition) is 2. The number of carbonyl (C=O) groups excluding carboxylic acids is 1. The third kappa shape index (κ3) is 3.50. The molecule has 7 heteroatoms. The molecule has 4 nitrogen and oxygen atoms in total. The summed E-state index contributed by atoms with van der Waals surface area (Å²) in [6.45, 7) is 0.143. The number of likely N-dealkylation sites (N-methyl/N-ethyl adjacent to an activating group) is 1. The molecular weight excluding hydrogens is 331 g/mol. The first-order chi connectivity index (χ1) is 11.8. The Morgan fingerprint density at radius 1 is 1.16 bits per heavy atom. The first-order valence-corrected chi connectivity index (χ1v) is 7.58. The summed E-state index contributed by atoms with van der Waals surface area (Å²) in [7, 11) is 3.33. The number of amides is 1. The van der Waals surface area contributed by atoms with E-state index in [1.807, 2.05) is 0 Å². The Morgan fingerprint density at radius 2 is 1.92 bits per heavy atom. The van der Waals surface area contributed by atoms with Crippen LogP contribution in [0.4, 0.5) is 13.2 Å². The van der Waals surface area contributed by atoms with Crippen LogP contribution in [-0.4, -0.2) is 34.5 Å². The van der Waals surface area contributed by atoms with E-state index >= 15 is 0 Å². The number of benzene rings is 1. The molecule has 0 saturated heterocycles. The Morgan fingerprint density at radius 3 is 2.60 bits per heavy atom. The lowest BCUT2D eigenvalue weighted by molar-refractivity contribution is -0.137. The minimum Gasteiger partial charge on any atom is -0.347 e. The number of pyridine rings is 1. The van der Waals surface area contributed by atoms with Gasteiger partial charge < -0.3 is 9.47 Å². The van der Waals surface area contributed by atoms with Crippen molar-refractivity contribution in [1.82, 2.24) is 14.5 Å². The maximum Gasteiger partial charge on any atom is 0.416 e. The Hall–Kier alpha value is -2.83. The van der Waals surface area contributed by atoms with Gasteiger partial charge in [-0.15, -0.1) is 0 Å². The van der Waals surface area contributed by atoms with Crippen LogP contribution in [0.25, 0.3) is 22.2 Å². The highest BCUT2D eigenvalue weighted by molar-refractivity contribution is 5.84. The third-order valence-corrected chi connectivity index (χ3v) is 3.95. The van der Waals surface area contributed by atoms with Crippen molar-refractivity contribution in [3.05, 3.63) is 54.4 Å². The fraction of sp³-hybridized carbons (Fsp3) is 0.222. The van der Waals surface area contributed by atoms with Crippen molar-refractivity contribution in [3.63, 3.8) is 0 Å². The van der Waals surface area contributed by atoms with E-state index in [1.54, 1.807) is 43.1 Å². The van der Waals surface area contributed by atoms with Gasteiger partial charge >= 0.3 is 6.18 Å². The smallest absolute Gasteiger partial charge is 0.347 e. The summed E-state index contributed by atoms with van der Waals surface area (Å²) in [5, 5.41) is 0. The van der Waals surface area contributed by atoms with Crippen molar-refractivity contribution in [1.29, 1.82) is 0 Å². The van der Waals surface area contributed by atoms with E-state index in [0.29, 0.717) is 22.2 Å². The average molecular weight is 347 g/mol. The van der Waals surface area contributed by atoms with E-state index in [9.17, 15) is 18.0 Å². The van der Waals surface area contributed by atoms with Gasteiger partial charge in [0.2, 0.25) is 5.91 Å². The summed E-state index contributed by atoms with van der Waals surface area (Å²) in [4.78, 5) is 17.7. The molecule has 3 rings (SSSR count). The molecule has 0 aliphatic rings. The van der Waals surface area contributed by atoms with E-state index in [1.165, 1.54) is 17.2 Å². The van der Waals surface area contributed by atoms with Crippen LogP contribution in [0.2, 0.25) is 0 Å². The molecule has 0 saturated carbocycles. The molecule has 0 unspecified atom stereocenters. The molecule has 0 radical (unpaired) electrons. The highest BCUT2D eigenvalue weighted by atomic mass is 19.4. The van der Waals surface area contributed by atoms with Crippen LogP contribution in [0.1, 0.15) is 5.56 Å². The van der Waals surface area contributed by atoms with Gasteiger partial charge in [-0.3, -0.25) is 9.78 Å². The van der Waals surface area contributed by atoms with Crippen molar-refractivity contribution < 1.29 is 18.0 Å². The Bertz CT molecular complexity index is 929. The first kappa shape index (κ1) is 17.0. The van der Waals surface area contributed by atoms with Crippen LogP contribution in [0.5, 0.6) is 0 Å². The SMILES string of the molecule is CN(C)C(=O)Cn1ccc2ncc(-c3cccc(C(F)(F)F)c3)cc21. The molecule has 0 bridgehead atoms. The highest BCUT2D eigenvalue weighted by Crippen LogP contribution is 2.32. The fourth-order valence-electron chi connectivity index (χ4n) is 2.52. The second-order valence-electron chi connectivity index (χ2n) is 5.94. The Kier molecular flexibility index (Phi) is 4.24. The van der Waals surface area contributed by atoms with Crippen molar-refractivity contribution >= 4 is 16.9 Å². The van der Waals surface area contributed by atoms with Crippen molar-refractivity contribution in [2.24, 2.45) is 0 Å². The predicted octanol–water partition coefficient (Wildman–Crippen LogP) is 3.81. The number of alkyl halides is 3. The summed E-state index contributed by atoms with van der Waals surface area (Å²) < 4.78 is 40.5. The van der Waals surface area contributed by atoms with Crippen molar-refractivity contribution in [2.75, 3.05) is 14.1 Å². The van der Waals surface area contributed by atoms with E-state index in [4.69, 9.17) is 0 Å². The standard InChI is InChI=1S/C18H16F3N3O/c1-23(2)17(25)11-24-7-6-15-16(24)9-13(10-22-15)12-4-3-5-14(8-12)18(19,20)21/h3-10H,11H2,1-2H3. The second-order valence-corrected chi connectivity index (χ2v) is 5.94. The van der Waals surface area contributed by atoms with Gasteiger partial charge in [-0.1, -0.05) is 12.1 Å². The zero-order chi connectivity index (χ0) is 18.2. The zero-order valence-corrected chi connectivity index (χ0v) is 13.7. The van der Waals surface area contributed by atoms with E-state index in [2.05, 4.69) is 4.98 Å². The van der Waals surface area contributed by atoms with Gasteiger partial charge in [0.25, 0.3) is 0 Å². The third-order valence-electron chi connectivity index (χ3n) is 3.95. The normalized spacial score (nSPS) is 11.7. The number of carbonyl (C=O) groups is 1. The number of nitrogens with zero attached hydrogens (tertiary/aromatic N) is 3. The molecule has 0 spiro atoms. The van der Waals surface area contributed by atoms with E-state index in [0.717, 1.165) is 12.1 Å². The Labute approximate surface area is 142 Å². The molecule has 1 aromatic carbocycles. The van der Waals surface area contributed by atoms with Crippen LogP contribution in [0.3, 0.4) is 0 Å². The fourth-order valence-corrected chi connectivity index (χ4v) is 2.52. The molecule has 130 valence electrons. The van der Waals surface area contributed by atoms with Crippen LogP contribution in [0, 0.1) is 0 Å². The van der Waals surface area contributed by atoms with Crippen molar-refractivity contribution in [3.8, 4) is 11.1 Å². The van der Waals surface area contributed by atoms with Gasteiger partial charge in [-0.2, -0.15) is 13.2 Å². The number of hydrogen-bond donors (Lipinski definition) is 0. The van der Waals surface area contributed by atoms with Gasteiger partial charge in [0.05, 0.1) is 16.6 Å². The zero-order valence-electron chi connectivity index (χ0n) is 13.7.